The molecule has 3 rings (SSSR count). The second-order valence-electron chi connectivity index (χ2n) is 6.06. The number of amides is 1. The number of nitrogens with one attached hydrogen (secondary N) is 1. The number of nitro groups is 1. The highest BCUT2D eigenvalue weighted by Gasteiger charge is 2.20. The molecule has 0 aromatic heterocycles. The lowest BCUT2D eigenvalue weighted by Gasteiger charge is -2.35. The van der Waals surface area contributed by atoms with E-state index >= 15 is 0 Å². The molecule has 1 N–H and O–H groups in total. The maximum atomic E-state index is 12.3. The zero-order valence-corrected chi connectivity index (χ0v) is 16.3. The lowest BCUT2D eigenvalue weighted by Crippen LogP contribution is -2.48. The monoisotopic (exact) mass is 466 g/mol. The van der Waals surface area contributed by atoms with Crippen LogP contribution in [0, 0.1) is 13.7 Å². The standard InChI is InChI=1S/C18H19IN4O3/c19-16-3-1-2-4-17(16)20-18(24)13-21-9-11-22(12-10-21)14-5-7-15(8-6-14)23(25)26/h1-8H,9-13H2,(H,20,24). The Hall–Kier alpha value is -2.20. The van der Waals surface area contributed by atoms with Gasteiger partial charge in [0.15, 0.2) is 0 Å². The van der Waals surface area contributed by atoms with E-state index < -0.39 is 4.92 Å². The predicted molar refractivity (Wildman–Crippen MR) is 110 cm³/mol. The summed E-state index contributed by atoms with van der Waals surface area (Å²) in [5.41, 5.74) is 1.90. The van der Waals surface area contributed by atoms with Crippen molar-refractivity contribution >= 4 is 45.6 Å². The zero-order chi connectivity index (χ0) is 18.5. The second-order valence-corrected chi connectivity index (χ2v) is 7.23. The third-order valence-electron chi connectivity index (χ3n) is 4.31. The molecule has 0 radical (unpaired) electrons. The fraction of sp³-hybridized carbons (Fsp3) is 0.278. The van der Waals surface area contributed by atoms with Crippen LogP contribution >= 0.6 is 22.6 Å². The van der Waals surface area contributed by atoms with Gasteiger partial charge in [0.1, 0.15) is 0 Å². The average molecular weight is 466 g/mol. The van der Waals surface area contributed by atoms with E-state index in [0.29, 0.717) is 6.54 Å². The van der Waals surface area contributed by atoms with E-state index in [4.69, 9.17) is 0 Å². The highest BCUT2D eigenvalue weighted by atomic mass is 127. The van der Waals surface area contributed by atoms with Crippen LogP contribution in [0.15, 0.2) is 48.5 Å². The van der Waals surface area contributed by atoms with E-state index in [2.05, 4.69) is 37.7 Å². The van der Waals surface area contributed by atoms with Crippen molar-refractivity contribution in [1.29, 1.82) is 0 Å². The number of para-hydroxylation sites is 1. The van der Waals surface area contributed by atoms with Crippen molar-refractivity contribution in [3.05, 3.63) is 62.2 Å². The molecule has 1 aliphatic heterocycles. The quantitative estimate of drug-likeness (QED) is 0.417. The maximum absolute atomic E-state index is 12.3. The van der Waals surface area contributed by atoms with Crippen LogP contribution in [0.25, 0.3) is 0 Å². The summed E-state index contributed by atoms with van der Waals surface area (Å²) >= 11 is 2.20. The fourth-order valence-electron chi connectivity index (χ4n) is 2.90. The van der Waals surface area contributed by atoms with Crippen LogP contribution in [0.3, 0.4) is 0 Å². The van der Waals surface area contributed by atoms with Gasteiger partial charge in [-0.3, -0.25) is 19.8 Å². The van der Waals surface area contributed by atoms with Gasteiger partial charge < -0.3 is 10.2 Å². The molecule has 1 saturated heterocycles. The van der Waals surface area contributed by atoms with Gasteiger partial charge in [0.2, 0.25) is 5.91 Å². The lowest BCUT2D eigenvalue weighted by atomic mass is 10.2. The number of carbonyl (C=O) groups is 1. The number of hydrogen-bond acceptors (Lipinski definition) is 5. The minimum Gasteiger partial charge on any atom is -0.369 e. The number of halogens is 1. The van der Waals surface area contributed by atoms with Gasteiger partial charge in [0.05, 0.1) is 17.2 Å². The van der Waals surface area contributed by atoms with Crippen molar-refractivity contribution in [2.24, 2.45) is 0 Å². The van der Waals surface area contributed by atoms with Gasteiger partial charge in [-0.1, -0.05) is 12.1 Å². The molecular formula is C18H19IN4O3. The first-order valence-electron chi connectivity index (χ1n) is 8.29. The van der Waals surface area contributed by atoms with E-state index in [0.717, 1.165) is 41.1 Å². The Morgan fingerprint density at radius 2 is 1.73 bits per heavy atom. The van der Waals surface area contributed by atoms with E-state index in [1.54, 1.807) is 12.1 Å². The molecule has 26 heavy (non-hydrogen) atoms. The molecule has 0 unspecified atom stereocenters. The van der Waals surface area contributed by atoms with Gasteiger partial charge in [-0.05, 0) is 46.9 Å². The van der Waals surface area contributed by atoms with Gasteiger partial charge in [-0.15, -0.1) is 0 Å². The molecule has 7 nitrogen and oxygen atoms in total. The molecule has 1 amide bonds. The molecule has 8 heteroatoms. The van der Waals surface area contributed by atoms with E-state index in [1.165, 1.54) is 12.1 Å². The molecule has 1 aliphatic rings. The Balaban J connectivity index is 1.49. The zero-order valence-electron chi connectivity index (χ0n) is 14.1. The van der Waals surface area contributed by atoms with Crippen LogP contribution < -0.4 is 10.2 Å². The Bertz CT molecular complexity index is 789. The summed E-state index contributed by atoms with van der Waals surface area (Å²) in [5, 5.41) is 13.7. The highest BCUT2D eigenvalue weighted by molar-refractivity contribution is 14.1. The molecule has 0 atom stereocenters. The Labute approximate surface area is 165 Å². The summed E-state index contributed by atoms with van der Waals surface area (Å²) in [6, 6.07) is 14.3. The molecule has 0 saturated carbocycles. The molecule has 1 heterocycles. The summed E-state index contributed by atoms with van der Waals surface area (Å²) in [5.74, 6) is -0.0158. The topological polar surface area (TPSA) is 78.7 Å². The number of carbonyl (C=O) groups excluding carboxylic acids is 1. The van der Waals surface area contributed by atoms with Crippen molar-refractivity contribution in [3.63, 3.8) is 0 Å². The van der Waals surface area contributed by atoms with E-state index in [-0.39, 0.29) is 11.6 Å². The lowest BCUT2D eigenvalue weighted by molar-refractivity contribution is -0.384. The summed E-state index contributed by atoms with van der Waals surface area (Å²) < 4.78 is 1.02. The van der Waals surface area contributed by atoms with Crippen LogP contribution in [-0.2, 0) is 4.79 Å². The van der Waals surface area contributed by atoms with Gasteiger partial charge in [0.25, 0.3) is 5.69 Å². The molecule has 2 aromatic rings. The number of nitro benzene ring substituents is 1. The van der Waals surface area contributed by atoms with Crippen LogP contribution in [0.5, 0.6) is 0 Å². The predicted octanol–water partition coefficient (Wildman–Crippen LogP) is 2.96. The Morgan fingerprint density at radius 3 is 2.35 bits per heavy atom. The van der Waals surface area contributed by atoms with Gasteiger partial charge in [0, 0.05) is 47.6 Å². The Kier molecular flexibility index (Phi) is 6.04. The van der Waals surface area contributed by atoms with E-state index in [9.17, 15) is 14.9 Å². The van der Waals surface area contributed by atoms with Gasteiger partial charge in [-0.25, -0.2) is 0 Å². The van der Waals surface area contributed by atoms with Crippen molar-refractivity contribution in [2.75, 3.05) is 42.9 Å². The number of piperazine rings is 1. The molecular weight excluding hydrogens is 447 g/mol. The fourth-order valence-corrected chi connectivity index (χ4v) is 3.43. The first-order valence-corrected chi connectivity index (χ1v) is 9.37. The number of anilines is 2. The second kappa shape index (κ2) is 8.45. The van der Waals surface area contributed by atoms with Crippen molar-refractivity contribution in [2.45, 2.75) is 0 Å². The molecule has 0 aliphatic carbocycles. The molecule has 1 fully saturated rings. The number of nitrogens with zero attached hydrogens (tertiary/aromatic N) is 3. The van der Waals surface area contributed by atoms with Crippen molar-refractivity contribution < 1.29 is 9.72 Å². The number of non-ortho nitro benzene ring substituents is 1. The molecule has 0 spiro atoms. The highest BCUT2D eigenvalue weighted by Crippen LogP contribution is 2.21. The normalized spacial score (nSPS) is 14.9. The molecule has 0 bridgehead atoms. The minimum absolute atomic E-state index is 0.0158. The third kappa shape index (κ3) is 4.70. The van der Waals surface area contributed by atoms with E-state index in [1.807, 2.05) is 24.3 Å². The van der Waals surface area contributed by atoms with Crippen molar-refractivity contribution in [3.8, 4) is 0 Å². The first-order chi connectivity index (χ1) is 12.5. The summed E-state index contributed by atoms with van der Waals surface area (Å²) in [7, 11) is 0. The third-order valence-corrected chi connectivity index (χ3v) is 5.25. The van der Waals surface area contributed by atoms with Gasteiger partial charge >= 0.3 is 0 Å². The van der Waals surface area contributed by atoms with Crippen LogP contribution in [0.4, 0.5) is 17.1 Å². The summed E-state index contributed by atoms with van der Waals surface area (Å²) in [6.07, 6.45) is 0. The largest absolute Gasteiger partial charge is 0.369 e. The average Bonchev–Trinajstić information content (AvgIpc) is 2.64. The maximum Gasteiger partial charge on any atom is 0.269 e. The van der Waals surface area contributed by atoms with Crippen molar-refractivity contribution in [1.82, 2.24) is 4.90 Å². The minimum atomic E-state index is -0.395. The van der Waals surface area contributed by atoms with Crippen LogP contribution in [-0.4, -0.2) is 48.5 Å². The Morgan fingerprint density at radius 1 is 1.08 bits per heavy atom. The number of hydrogen-bond donors (Lipinski definition) is 1. The van der Waals surface area contributed by atoms with Gasteiger partial charge in [-0.2, -0.15) is 0 Å². The molecule has 2 aromatic carbocycles. The number of rotatable bonds is 5. The SMILES string of the molecule is O=C(CN1CCN(c2ccc([N+](=O)[O-])cc2)CC1)Nc1ccccc1I. The summed E-state index contributed by atoms with van der Waals surface area (Å²) in [6.45, 7) is 3.48. The van der Waals surface area contributed by atoms with Crippen LogP contribution in [0.1, 0.15) is 0 Å². The molecule has 136 valence electrons. The summed E-state index contributed by atoms with van der Waals surface area (Å²) in [4.78, 5) is 26.9. The smallest absolute Gasteiger partial charge is 0.269 e. The van der Waals surface area contributed by atoms with Crippen LogP contribution in [0.2, 0.25) is 0 Å². The first kappa shape index (κ1) is 18.6. The number of benzene rings is 2.